The van der Waals surface area contributed by atoms with Gasteiger partial charge in [0.1, 0.15) is 6.29 Å². The number of nitrogens with one attached hydrogen (secondary N) is 1. The zero-order valence-electron chi connectivity index (χ0n) is 13.4. The average molecular weight is 301 g/mol. The first-order chi connectivity index (χ1) is 10.8. The van der Waals surface area contributed by atoms with E-state index in [4.69, 9.17) is 0 Å². The second-order valence-corrected chi connectivity index (χ2v) is 6.24. The molecule has 120 valence electrons. The summed E-state index contributed by atoms with van der Waals surface area (Å²) in [5.41, 5.74) is 1.82. The van der Waals surface area contributed by atoms with Gasteiger partial charge in [-0.1, -0.05) is 63.1 Å². The average Bonchev–Trinajstić information content (AvgIpc) is 2.55. The number of hydrogen-bond acceptors (Lipinski definition) is 2. The smallest absolute Gasteiger partial charge is 0.252 e. The van der Waals surface area contributed by atoms with Crippen molar-refractivity contribution in [1.29, 1.82) is 0 Å². The molecule has 0 spiro atoms. The molecule has 1 aliphatic rings. The molecule has 22 heavy (non-hydrogen) atoms. The lowest BCUT2D eigenvalue weighted by atomic mass is 10.00. The molecule has 2 rings (SSSR count). The minimum Gasteiger partial charge on any atom is -0.343 e. The molecule has 0 fully saturated rings. The second kappa shape index (κ2) is 9.39. The molecule has 1 N–H and O–H groups in total. The van der Waals surface area contributed by atoms with E-state index < -0.39 is 0 Å². The van der Waals surface area contributed by atoms with Crippen LogP contribution in [0.1, 0.15) is 73.7 Å². The Morgan fingerprint density at radius 3 is 2.27 bits per heavy atom. The summed E-state index contributed by atoms with van der Waals surface area (Å²) in [6.07, 6.45) is 12.2. The fraction of sp³-hybridized carbons (Fsp3) is 0.579. The summed E-state index contributed by atoms with van der Waals surface area (Å²) in [6.45, 7) is 0. The maximum atomic E-state index is 12.4. The zero-order valence-corrected chi connectivity index (χ0v) is 13.4. The van der Waals surface area contributed by atoms with E-state index in [0.717, 1.165) is 49.5 Å². The first-order valence-electron chi connectivity index (χ1n) is 8.65. The quantitative estimate of drug-likeness (QED) is 0.795. The third-order valence-corrected chi connectivity index (χ3v) is 4.45. The number of aldehydes is 1. The van der Waals surface area contributed by atoms with E-state index in [1.54, 1.807) is 0 Å². The van der Waals surface area contributed by atoms with Gasteiger partial charge in [0.25, 0.3) is 5.91 Å². The molecule has 1 aromatic carbocycles. The highest BCUT2D eigenvalue weighted by atomic mass is 16.2. The van der Waals surface area contributed by atoms with Crippen LogP contribution in [0.2, 0.25) is 0 Å². The summed E-state index contributed by atoms with van der Waals surface area (Å²) >= 11 is 0. The van der Waals surface area contributed by atoms with Crippen LogP contribution in [-0.4, -0.2) is 18.2 Å². The van der Waals surface area contributed by atoms with Crippen molar-refractivity contribution in [3.8, 4) is 0 Å². The molecule has 0 radical (unpaired) electrons. The van der Waals surface area contributed by atoms with Crippen LogP contribution in [0, 0.1) is 0 Å². The Bertz CT molecular complexity index is 484. The zero-order chi connectivity index (χ0) is 15.6. The van der Waals surface area contributed by atoms with Crippen LogP contribution in [0.3, 0.4) is 0 Å². The highest BCUT2D eigenvalue weighted by Crippen LogP contribution is 2.16. The van der Waals surface area contributed by atoms with E-state index in [9.17, 15) is 9.59 Å². The molecule has 1 aliphatic heterocycles. The number of carbonyl (C=O) groups excluding carboxylic acids is 2. The van der Waals surface area contributed by atoms with Crippen molar-refractivity contribution in [1.82, 2.24) is 5.32 Å². The summed E-state index contributed by atoms with van der Waals surface area (Å²) in [6, 6.07) is 7.42. The van der Waals surface area contributed by atoms with Crippen LogP contribution >= 0.6 is 0 Å². The second-order valence-electron chi connectivity index (χ2n) is 6.24. The van der Waals surface area contributed by atoms with Gasteiger partial charge in [-0.15, -0.1) is 0 Å². The number of carbonyl (C=O) groups is 2. The molecule has 0 bridgehead atoms. The molecule has 1 amide bonds. The van der Waals surface area contributed by atoms with Gasteiger partial charge in [-0.3, -0.25) is 4.79 Å². The molecule has 0 aromatic heterocycles. The molecule has 3 heteroatoms. The van der Waals surface area contributed by atoms with Crippen molar-refractivity contribution in [3.63, 3.8) is 0 Å². The summed E-state index contributed by atoms with van der Waals surface area (Å²) in [5, 5.41) is 2.89. The number of aryl methyl sites for hydroxylation is 1. The number of hydrogen-bond donors (Lipinski definition) is 1. The molecule has 1 atom stereocenters. The lowest BCUT2D eigenvalue weighted by molar-refractivity contribution is -0.109. The minimum atomic E-state index is -0.356. The van der Waals surface area contributed by atoms with Crippen molar-refractivity contribution >= 4 is 12.2 Å². The fourth-order valence-corrected chi connectivity index (χ4v) is 3.12. The van der Waals surface area contributed by atoms with Crippen LogP contribution in [0.5, 0.6) is 0 Å². The highest BCUT2D eigenvalue weighted by Gasteiger charge is 2.15. The monoisotopic (exact) mass is 301 g/mol. The molecule has 0 aliphatic carbocycles. The van der Waals surface area contributed by atoms with Crippen LogP contribution < -0.4 is 5.32 Å². The third kappa shape index (κ3) is 5.28. The van der Waals surface area contributed by atoms with Gasteiger partial charge in [-0.25, -0.2) is 0 Å². The van der Waals surface area contributed by atoms with Crippen molar-refractivity contribution in [3.05, 3.63) is 35.4 Å². The van der Waals surface area contributed by atoms with Gasteiger partial charge >= 0.3 is 0 Å². The van der Waals surface area contributed by atoms with Gasteiger partial charge in [-0.2, -0.15) is 0 Å². The van der Waals surface area contributed by atoms with Crippen LogP contribution in [-0.2, 0) is 11.2 Å². The molecule has 1 heterocycles. The Hall–Kier alpha value is -1.64. The van der Waals surface area contributed by atoms with Crippen LogP contribution in [0.25, 0.3) is 0 Å². The lowest BCUT2D eigenvalue weighted by Gasteiger charge is -2.14. The van der Waals surface area contributed by atoms with Gasteiger partial charge in [-0.05, 0) is 30.9 Å². The van der Waals surface area contributed by atoms with Crippen molar-refractivity contribution in [2.75, 3.05) is 0 Å². The maximum absolute atomic E-state index is 12.4. The van der Waals surface area contributed by atoms with Crippen LogP contribution in [0.15, 0.2) is 24.3 Å². The van der Waals surface area contributed by atoms with Crippen molar-refractivity contribution in [2.45, 2.75) is 70.3 Å². The van der Waals surface area contributed by atoms with Gasteiger partial charge in [0.05, 0.1) is 6.04 Å². The van der Waals surface area contributed by atoms with Crippen molar-refractivity contribution < 1.29 is 9.59 Å². The topological polar surface area (TPSA) is 46.2 Å². The molecule has 0 unspecified atom stereocenters. The molecule has 0 saturated carbocycles. The minimum absolute atomic E-state index is 0.109. The molecule has 1 aromatic rings. The summed E-state index contributed by atoms with van der Waals surface area (Å²) < 4.78 is 0. The molecule has 0 saturated heterocycles. The fourth-order valence-electron chi connectivity index (χ4n) is 3.12. The van der Waals surface area contributed by atoms with Crippen LogP contribution in [0.4, 0.5) is 0 Å². The van der Waals surface area contributed by atoms with E-state index in [1.807, 2.05) is 24.3 Å². The summed E-state index contributed by atoms with van der Waals surface area (Å²) in [7, 11) is 0. The van der Waals surface area contributed by atoms with E-state index in [2.05, 4.69) is 5.32 Å². The highest BCUT2D eigenvalue weighted by molar-refractivity contribution is 5.97. The SMILES string of the molecule is O=C[C@@H]1CCCCCCCCCCc2ccccc2C(=O)N1. The van der Waals surface area contributed by atoms with E-state index in [1.165, 1.54) is 32.1 Å². The number of rotatable bonds is 1. The standard InChI is InChI=1S/C19H27NO2/c21-15-17-13-8-6-4-2-1-3-5-7-11-16-12-9-10-14-18(16)19(22)20-17/h9-10,12,14-15,17H,1-8,11,13H2,(H,20,22)/t17-/m0/s1. The number of fused-ring (bicyclic) bond motifs is 1. The largest absolute Gasteiger partial charge is 0.343 e. The van der Waals surface area contributed by atoms with E-state index in [-0.39, 0.29) is 11.9 Å². The van der Waals surface area contributed by atoms with Gasteiger partial charge in [0.2, 0.25) is 0 Å². The number of amides is 1. The van der Waals surface area contributed by atoms with E-state index >= 15 is 0 Å². The van der Waals surface area contributed by atoms with Crippen molar-refractivity contribution in [2.24, 2.45) is 0 Å². The van der Waals surface area contributed by atoms with Gasteiger partial charge in [0, 0.05) is 5.56 Å². The van der Waals surface area contributed by atoms with Gasteiger partial charge < -0.3 is 10.1 Å². The Balaban J connectivity index is 2.09. The predicted octanol–water partition coefficient (Wildman–Crippen LogP) is 4.05. The Labute approximate surface area is 133 Å². The summed E-state index contributed by atoms with van der Waals surface area (Å²) in [4.78, 5) is 23.6. The molecular weight excluding hydrogens is 274 g/mol. The number of benzene rings is 1. The predicted molar refractivity (Wildman–Crippen MR) is 89.0 cm³/mol. The molecular formula is C19H27NO2. The Morgan fingerprint density at radius 1 is 0.909 bits per heavy atom. The summed E-state index contributed by atoms with van der Waals surface area (Å²) in [5.74, 6) is -0.109. The normalized spacial score (nSPS) is 21.8. The Morgan fingerprint density at radius 2 is 1.55 bits per heavy atom. The molecule has 3 nitrogen and oxygen atoms in total. The van der Waals surface area contributed by atoms with Gasteiger partial charge in [0.15, 0.2) is 0 Å². The lowest BCUT2D eigenvalue weighted by Crippen LogP contribution is -2.36. The first-order valence-corrected chi connectivity index (χ1v) is 8.65. The maximum Gasteiger partial charge on any atom is 0.252 e. The first kappa shape index (κ1) is 16.7. The van der Waals surface area contributed by atoms with E-state index in [0.29, 0.717) is 0 Å². The Kier molecular flexibility index (Phi) is 7.14. The third-order valence-electron chi connectivity index (χ3n) is 4.45.